The molecule has 2 N–H and O–H groups in total. The zero-order valence-corrected chi connectivity index (χ0v) is 10.9. The van der Waals surface area contributed by atoms with Gasteiger partial charge in [-0.15, -0.1) is 6.58 Å². The maximum absolute atomic E-state index is 12.0. The second kappa shape index (κ2) is 6.89. The van der Waals surface area contributed by atoms with Gasteiger partial charge < -0.3 is 15.4 Å². The normalized spacial score (nSPS) is 15.8. The molecule has 0 unspecified atom stereocenters. The van der Waals surface area contributed by atoms with Crippen molar-refractivity contribution >= 4 is 17.4 Å². The first-order chi connectivity index (χ1) is 9.29. The van der Waals surface area contributed by atoms with Crippen molar-refractivity contribution in [2.75, 3.05) is 30.4 Å². The van der Waals surface area contributed by atoms with E-state index in [1.54, 1.807) is 12.3 Å². The first kappa shape index (κ1) is 13.5. The molecule has 2 heterocycles. The van der Waals surface area contributed by atoms with Crippen LogP contribution in [0.25, 0.3) is 0 Å². The van der Waals surface area contributed by atoms with Crippen molar-refractivity contribution in [2.45, 2.75) is 12.8 Å². The average Bonchev–Trinajstić information content (AvgIpc) is 2.47. The summed E-state index contributed by atoms with van der Waals surface area (Å²) >= 11 is 0. The molecule has 0 saturated carbocycles. The number of anilines is 2. The number of aromatic nitrogens is 1. The van der Waals surface area contributed by atoms with Crippen molar-refractivity contribution < 1.29 is 9.53 Å². The number of ether oxygens (including phenoxy) is 1. The van der Waals surface area contributed by atoms with Crippen LogP contribution in [0.1, 0.15) is 12.8 Å². The summed E-state index contributed by atoms with van der Waals surface area (Å²) in [5.41, 5.74) is 0.723. The number of carbonyl (C=O) groups excluding carboxylic acids is 1. The van der Waals surface area contributed by atoms with Crippen LogP contribution in [0.5, 0.6) is 0 Å². The highest BCUT2D eigenvalue weighted by atomic mass is 16.5. The van der Waals surface area contributed by atoms with E-state index < -0.39 is 0 Å². The van der Waals surface area contributed by atoms with Crippen molar-refractivity contribution in [1.29, 1.82) is 0 Å². The van der Waals surface area contributed by atoms with Gasteiger partial charge in [-0.05, 0) is 25.0 Å². The number of carbonyl (C=O) groups is 1. The van der Waals surface area contributed by atoms with Crippen LogP contribution in [0.15, 0.2) is 31.0 Å². The van der Waals surface area contributed by atoms with Crippen LogP contribution in [0.3, 0.4) is 0 Å². The lowest BCUT2D eigenvalue weighted by molar-refractivity contribution is -0.122. The zero-order valence-electron chi connectivity index (χ0n) is 10.9. The standard InChI is InChI=1S/C14H19N3O2/c1-2-7-15-13-4-3-12(10-16-13)17-14(18)11-5-8-19-9-6-11/h2-4,10-11H,1,5-9H2,(H,15,16)(H,17,18). The van der Waals surface area contributed by atoms with Crippen LogP contribution in [-0.4, -0.2) is 30.6 Å². The fourth-order valence-electron chi connectivity index (χ4n) is 1.95. The summed E-state index contributed by atoms with van der Waals surface area (Å²) in [6, 6.07) is 3.68. The van der Waals surface area contributed by atoms with Crippen molar-refractivity contribution in [3.05, 3.63) is 31.0 Å². The van der Waals surface area contributed by atoms with Crippen molar-refractivity contribution in [2.24, 2.45) is 5.92 Å². The highest BCUT2D eigenvalue weighted by Gasteiger charge is 2.21. The maximum Gasteiger partial charge on any atom is 0.227 e. The average molecular weight is 261 g/mol. The van der Waals surface area contributed by atoms with Crippen LogP contribution < -0.4 is 10.6 Å². The van der Waals surface area contributed by atoms with E-state index >= 15 is 0 Å². The van der Waals surface area contributed by atoms with Crippen LogP contribution in [0.4, 0.5) is 11.5 Å². The van der Waals surface area contributed by atoms with E-state index in [0.717, 1.165) is 24.3 Å². The van der Waals surface area contributed by atoms with Gasteiger partial charge in [-0.25, -0.2) is 4.98 Å². The van der Waals surface area contributed by atoms with E-state index in [1.165, 1.54) is 0 Å². The third-order valence-electron chi connectivity index (χ3n) is 3.05. The zero-order chi connectivity index (χ0) is 13.5. The fourth-order valence-corrected chi connectivity index (χ4v) is 1.95. The van der Waals surface area contributed by atoms with Gasteiger partial charge in [0.05, 0.1) is 11.9 Å². The first-order valence-electron chi connectivity index (χ1n) is 6.49. The van der Waals surface area contributed by atoms with Gasteiger partial charge in [0.1, 0.15) is 5.82 Å². The van der Waals surface area contributed by atoms with Crippen LogP contribution >= 0.6 is 0 Å². The molecule has 19 heavy (non-hydrogen) atoms. The van der Waals surface area contributed by atoms with Gasteiger partial charge in [0.25, 0.3) is 0 Å². The molecule has 0 aliphatic carbocycles. The molecule has 5 nitrogen and oxygen atoms in total. The summed E-state index contributed by atoms with van der Waals surface area (Å²) in [7, 11) is 0. The summed E-state index contributed by atoms with van der Waals surface area (Å²) in [5, 5.41) is 5.97. The number of nitrogens with one attached hydrogen (secondary N) is 2. The van der Waals surface area contributed by atoms with Gasteiger partial charge in [0, 0.05) is 25.7 Å². The minimum Gasteiger partial charge on any atom is -0.381 e. The number of nitrogens with zero attached hydrogens (tertiary/aromatic N) is 1. The van der Waals surface area contributed by atoms with Crippen molar-refractivity contribution in [1.82, 2.24) is 4.98 Å². The lowest BCUT2D eigenvalue weighted by atomic mass is 9.99. The Balaban J connectivity index is 1.87. The van der Waals surface area contributed by atoms with E-state index in [4.69, 9.17) is 4.74 Å². The van der Waals surface area contributed by atoms with E-state index in [1.807, 2.05) is 12.1 Å². The Morgan fingerprint density at radius 3 is 2.89 bits per heavy atom. The molecule has 1 aliphatic heterocycles. The van der Waals surface area contributed by atoms with Crippen LogP contribution in [-0.2, 0) is 9.53 Å². The molecule has 0 radical (unpaired) electrons. The van der Waals surface area contributed by atoms with Crippen LogP contribution in [0, 0.1) is 5.92 Å². The Kier molecular flexibility index (Phi) is 4.92. The lowest BCUT2D eigenvalue weighted by Crippen LogP contribution is -2.28. The predicted octanol–water partition coefficient (Wildman–Crippen LogP) is 2.04. The molecule has 1 saturated heterocycles. The first-order valence-corrected chi connectivity index (χ1v) is 6.49. The Bertz CT molecular complexity index is 425. The molecule has 1 amide bonds. The summed E-state index contributed by atoms with van der Waals surface area (Å²) in [5.74, 6) is 0.869. The largest absolute Gasteiger partial charge is 0.381 e. The quantitative estimate of drug-likeness (QED) is 0.796. The Morgan fingerprint density at radius 1 is 1.47 bits per heavy atom. The van der Waals surface area contributed by atoms with Gasteiger partial charge in [0.2, 0.25) is 5.91 Å². The molecule has 102 valence electrons. The summed E-state index contributed by atoms with van der Waals surface area (Å²) in [4.78, 5) is 16.2. The summed E-state index contributed by atoms with van der Waals surface area (Å²) in [6.45, 7) is 5.63. The van der Waals surface area contributed by atoms with Gasteiger partial charge >= 0.3 is 0 Å². The molecule has 0 spiro atoms. The Labute approximate surface area is 113 Å². The summed E-state index contributed by atoms with van der Waals surface area (Å²) < 4.78 is 5.24. The molecule has 1 aliphatic rings. The molecule has 5 heteroatoms. The molecule has 0 atom stereocenters. The minimum absolute atomic E-state index is 0.0484. The number of pyridine rings is 1. The maximum atomic E-state index is 12.0. The van der Waals surface area contributed by atoms with Gasteiger partial charge in [0.15, 0.2) is 0 Å². The minimum atomic E-state index is 0.0484. The Hall–Kier alpha value is -1.88. The molecule has 0 aromatic carbocycles. The van der Waals surface area contributed by atoms with Crippen molar-refractivity contribution in [3.63, 3.8) is 0 Å². The highest BCUT2D eigenvalue weighted by molar-refractivity contribution is 5.92. The second-order valence-electron chi connectivity index (χ2n) is 4.48. The van der Waals surface area contributed by atoms with E-state index in [2.05, 4.69) is 22.2 Å². The SMILES string of the molecule is C=CCNc1ccc(NC(=O)C2CCOCC2)cn1. The molecular formula is C14H19N3O2. The molecule has 2 rings (SSSR count). The molecular weight excluding hydrogens is 242 g/mol. The predicted molar refractivity (Wildman–Crippen MR) is 75.1 cm³/mol. The fraction of sp³-hybridized carbons (Fsp3) is 0.429. The lowest BCUT2D eigenvalue weighted by Gasteiger charge is -2.21. The molecule has 0 bridgehead atoms. The second-order valence-corrected chi connectivity index (χ2v) is 4.48. The van der Waals surface area contributed by atoms with Crippen LogP contribution in [0.2, 0.25) is 0 Å². The number of rotatable bonds is 5. The smallest absolute Gasteiger partial charge is 0.227 e. The third-order valence-corrected chi connectivity index (χ3v) is 3.05. The number of hydrogen-bond donors (Lipinski definition) is 2. The monoisotopic (exact) mass is 261 g/mol. The van der Waals surface area contributed by atoms with Gasteiger partial charge in [-0.1, -0.05) is 6.08 Å². The van der Waals surface area contributed by atoms with E-state index in [-0.39, 0.29) is 11.8 Å². The van der Waals surface area contributed by atoms with Crippen molar-refractivity contribution in [3.8, 4) is 0 Å². The van der Waals surface area contributed by atoms with E-state index in [9.17, 15) is 4.79 Å². The molecule has 1 aromatic rings. The number of hydrogen-bond acceptors (Lipinski definition) is 4. The molecule has 1 aromatic heterocycles. The highest BCUT2D eigenvalue weighted by Crippen LogP contribution is 2.17. The van der Waals surface area contributed by atoms with E-state index in [0.29, 0.717) is 19.8 Å². The number of amides is 1. The third kappa shape index (κ3) is 4.06. The Morgan fingerprint density at radius 2 is 2.26 bits per heavy atom. The van der Waals surface area contributed by atoms with Gasteiger partial charge in [-0.2, -0.15) is 0 Å². The topological polar surface area (TPSA) is 63.2 Å². The van der Waals surface area contributed by atoms with Gasteiger partial charge in [-0.3, -0.25) is 4.79 Å². The summed E-state index contributed by atoms with van der Waals surface area (Å²) in [6.07, 6.45) is 5.00. The molecule has 1 fully saturated rings.